The third-order valence-corrected chi connectivity index (χ3v) is 4.72. The van der Waals surface area contributed by atoms with Crippen LogP contribution >= 0.6 is 0 Å². The van der Waals surface area contributed by atoms with Crippen molar-refractivity contribution >= 4 is 0 Å². The van der Waals surface area contributed by atoms with Crippen LogP contribution < -0.4 is 5.32 Å². The lowest BCUT2D eigenvalue weighted by Gasteiger charge is -2.34. The predicted molar refractivity (Wildman–Crippen MR) is 75.7 cm³/mol. The van der Waals surface area contributed by atoms with Crippen LogP contribution in [0.2, 0.25) is 0 Å². The first-order valence-electron chi connectivity index (χ1n) is 7.24. The highest BCUT2D eigenvalue weighted by Crippen LogP contribution is 2.25. The molecule has 98 valence electrons. The van der Waals surface area contributed by atoms with Crippen LogP contribution in [0.3, 0.4) is 0 Å². The molecular formula is C16H24N2. The lowest BCUT2D eigenvalue weighted by atomic mass is 9.93. The molecule has 0 aliphatic carbocycles. The number of piperidine rings is 1. The Kier molecular flexibility index (Phi) is 3.40. The van der Waals surface area contributed by atoms with Crippen LogP contribution in [0, 0.1) is 19.8 Å². The summed E-state index contributed by atoms with van der Waals surface area (Å²) in [5.74, 6) is 0.894. The molecule has 0 bridgehead atoms. The second kappa shape index (κ2) is 5.02. The Bertz CT molecular complexity index is 427. The van der Waals surface area contributed by atoms with Gasteiger partial charge in [0.25, 0.3) is 0 Å². The summed E-state index contributed by atoms with van der Waals surface area (Å²) >= 11 is 0. The minimum atomic E-state index is 0.806. The van der Waals surface area contributed by atoms with E-state index < -0.39 is 0 Å². The Balaban J connectivity index is 1.64. The van der Waals surface area contributed by atoms with Crippen molar-refractivity contribution in [3.63, 3.8) is 0 Å². The molecule has 2 heteroatoms. The summed E-state index contributed by atoms with van der Waals surface area (Å²) in [6.07, 6.45) is 2.70. The summed E-state index contributed by atoms with van der Waals surface area (Å²) in [6, 6.07) is 7.71. The van der Waals surface area contributed by atoms with E-state index in [9.17, 15) is 0 Å². The molecule has 0 aromatic heterocycles. The Morgan fingerprint density at radius 3 is 2.94 bits per heavy atom. The summed E-state index contributed by atoms with van der Waals surface area (Å²) in [4.78, 5) is 2.64. The number of nitrogens with one attached hydrogen (secondary N) is 1. The number of benzene rings is 1. The summed E-state index contributed by atoms with van der Waals surface area (Å²) < 4.78 is 0. The predicted octanol–water partition coefficient (Wildman–Crippen LogP) is 2.49. The molecule has 2 unspecified atom stereocenters. The number of fused-ring (bicyclic) bond motifs is 1. The molecule has 0 saturated carbocycles. The molecule has 1 N–H and O–H groups in total. The van der Waals surface area contributed by atoms with Gasteiger partial charge in [0.2, 0.25) is 0 Å². The molecule has 0 amide bonds. The first-order chi connectivity index (χ1) is 8.72. The van der Waals surface area contributed by atoms with Crippen molar-refractivity contribution < 1.29 is 0 Å². The van der Waals surface area contributed by atoms with Crippen molar-refractivity contribution in [2.75, 3.05) is 19.6 Å². The van der Waals surface area contributed by atoms with E-state index in [0.717, 1.165) is 18.5 Å². The summed E-state index contributed by atoms with van der Waals surface area (Å²) in [7, 11) is 0. The van der Waals surface area contributed by atoms with Crippen molar-refractivity contribution in [1.29, 1.82) is 0 Å². The number of rotatable bonds is 2. The first-order valence-corrected chi connectivity index (χ1v) is 7.24. The van der Waals surface area contributed by atoms with Crippen molar-refractivity contribution in [2.24, 2.45) is 5.92 Å². The number of hydrogen-bond donors (Lipinski definition) is 1. The third-order valence-electron chi connectivity index (χ3n) is 4.72. The lowest BCUT2D eigenvalue weighted by Crippen LogP contribution is -2.43. The fraction of sp³-hybridized carbons (Fsp3) is 0.625. The third kappa shape index (κ3) is 2.45. The van der Waals surface area contributed by atoms with Crippen LogP contribution in [0.1, 0.15) is 29.5 Å². The van der Waals surface area contributed by atoms with Gasteiger partial charge in [-0.1, -0.05) is 18.2 Å². The zero-order chi connectivity index (χ0) is 12.5. The zero-order valence-corrected chi connectivity index (χ0v) is 11.6. The monoisotopic (exact) mass is 244 g/mol. The first kappa shape index (κ1) is 12.2. The molecule has 0 spiro atoms. The molecule has 2 heterocycles. The summed E-state index contributed by atoms with van der Waals surface area (Å²) in [6.45, 7) is 9.30. The van der Waals surface area contributed by atoms with Crippen LogP contribution in [-0.4, -0.2) is 30.6 Å². The minimum absolute atomic E-state index is 0.806. The SMILES string of the molecule is Cc1ccc(CN2CCC3NCCC3C2)cc1C. The second-order valence-electron chi connectivity index (χ2n) is 6.05. The van der Waals surface area contributed by atoms with Crippen molar-refractivity contribution in [2.45, 2.75) is 39.3 Å². The quantitative estimate of drug-likeness (QED) is 0.860. The van der Waals surface area contributed by atoms with Crippen LogP contribution in [0.4, 0.5) is 0 Å². The van der Waals surface area contributed by atoms with Gasteiger partial charge in [0.15, 0.2) is 0 Å². The van der Waals surface area contributed by atoms with E-state index in [0.29, 0.717) is 0 Å². The molecule has 1 aromatic rings. The highest BCUT2D eigenvalue weighted by molar-refractivity contribution is 5.29. The fourth-order valence-corrected chi connectivity index (χ4v) is 3.43. The highest BCUT2D eigenvalue weighted by Gasteiger charge is 2.32. The van der Waals surface area contributed by atoms with Gasteiger partial charge in [-0.05, 0) is 62.4 Å². The molecule has 2 aliphatic heterocycles. The van der Waals surface area contributed by atoms with E-state index in [2.05, 4.69) is 42.3 Å². The van der Waals surface area contributed by atoms with Crippen molar-refractivity contribution in [3.05, 3.63) is 34.9 Å². The van der Waals surface area contributed by atoms with Crippen LogP contribution in [-0.2, 0) is 6.54 Å². The maximum absolute atomic E-state index is 3.63. The maximum Gasteiger partial charge on any atom is 0.0233 e. The lowest BCUT2D eigenvalue weighted by molar-refractivity contribution is 0.156. The van der Waals surface area contributed by atoms with Crippen molar-refractivity contribution in [1.82, 2.24) is 10.2 Å². The van der Waals surface area contributed by atoms with E-state index in [1.807, 2.05) is 0 Å². The molecule has 18 heavy (non-hydrogen) atoms. The Morgan fingerprint density at radius 2 is 2.11 bits per heavy atom. The molecule has 2 aliphatic rings. The van der Waals surface area contributed by atoms with E-state index in [4.69, 9.17) is 0 Å². The van der Waals surface area contributed by atoms with Gasteiger partial charge in [0, 0.05) is 19.1 Å². The van der Waals surface area contributed by atoms with E-state index in [-0.39, 0.29) is 0 Å². The van der Waals surface area contributed by atoms with Gasteiger partial charge in [-0.2, -0.15) is 0 Å². The molecule has 3 rings (SSSR count). The molecule has 2 nitrogen and oxygen atoms in total. The molecule has 2 fully saturated rings. The van der Waals surface area contributed by atoms with Gasteiger partial charge >= 0.3 is 0 Å². The summed E-state index contributed by atoms with van der Waals surface area (Å²) in [5, 5.41) is 3.63. The van der Waals surface area contributed by atoms with Crippen molar-refractivity contribution in [3.8, 4) is 0 Å². The zero-order valence-electron chi connectivity index (χ0n) is 11.6. The van der Waals surface area contributed by atoms with Gasteiger partial charge in [0.1, 0.15) is 0 Å². The minimum Gasteiger partial charge on any atom is -0.314 e. The second-order valence-corrected chi connectivity index (χ2v) is 6.05. The molecule has 2 saturated heterocycles. The van der Waals surface area contributed by atoms with E-state index in [1.165, 1.54) is 49.2 Å². The largest absolute Gasteiger partial charge is 0.314 e. The Morgan fingerprint density at radius 1 is 1.22 bits per heavy atom. The average molecular weight is 244 g/mol. The van der Waals surface area contributed by atoms with Gasteiger partial charge in [0.05, 0.1) is 0 Å². The summed E-state index contributed by atoms with van der Waals surface area (Å²) in [5.41, 5.74) is 4.30. The topological polar surface area (TPSA) is 15.3 Å². The Labute approximate surface area is 110 Å². The molecular weight excluding hydrogens is 220 g/mol. The van der Waals surface area contributed by atoms with E-state index >= 15 is 0 Å². The van der Waals surface area contributed by atoms with Gasteiger partial charge in [-0.25, -0.2) is 0 Å². The number of hydrogen-bond acceptors (Lipinski definition) is 2. The van der Waals surface area contributed by atoms with Crippen LogP contribution in [0.15, 0.2) is 18.2 Å². The van der Waals surface area contributed by atoms with Gasteiger partial charge in [-0.3, -0.25) is 4.90 Å². The fourth-order valence-electron chi connectivity index (χ4n) is 3.43. The maximum atomic E-state index is 3.63. The molecule has 1 aromatic carbocycles. The number of aryl methyl sites for hydroxylation is 2. The van der Waals surface area contributed by atoms with Crippen LogP contribution in [0.25, 0.3) is 0 Å². The highest BCUT2D eigenvalue weighted by atomic mass is 15.2. The van der Waals surface area contributed by atoms with Crippen LogP contribution in [0.5, 0.6) is 0 Å². The average Bonchev–Trinajstić information content (AvgIpc) is 2.81. The van der Waals surface area contributed by atoms with Gasteiger partial charge in [-0.15, -0.1) is 0 Å². The Hall–Kier alpha value is -0.860. The molecule has 2 atom stereocenters. The molecule has 0 radical (unpaired) electrons. The standard InChI is InChI=1S/C16H24N2/c1-12-3-4-14(9-13(12)2)10-18-8-6-16-15(11-18)5-7-17-16/h3-4,9,15-17H,5-8,10-11H2,1-2H3. The number of nitrogens with zero attached hydrogens (tertiary/aromatic N) is 1. The normalized spacial score (nSPS) is 28.3. The number of likely N-dealkylation sites (tertiary alicyclic amines) is 1. The van der Waals surface area contributed by atoms with Gasteiger partial charge < -0.3 is 5.32 Å². The van der Waals surface area contributed by atoms with E-state index in [1.54, 1.807) is 0 Å². The smallest absolute Gasteiger partial charge is 0.0233 e.